The van der Waals surface area contributed by atoms with Crippen LogP contribution in [-0.4, -0.2) is 43.0 Å². The molecule has 0 aromatic heterocycles. The molecule has 1 saturated heterocycles. The standard InChI is InChI=1S/C9H15NO5/c1-3-13-8(11)7-5-6-10(15-7)9(12)14-4-2/h7H,3-6H2,1-2H3. The Hall–Kier alpha value is -1.30. The van der Waals surface area contributed by atoms with Gasteiger partial charge in [-0.1, -0.05) is 0 Å². The minimum Gasteiger partial charge on any atom is -0.464 e. The van der Waals surface area contributed by atoms with Gasteiger partial charge in [0, 0.05) is 6.42 Å². The van der Waals surface area contributed by atoms with Crippen LogP contribution in [0.3, 0.4) is 0 Å². The summed E-state index contributed by atoms with van der Waals surface area (Å²) in [5.41, 5.74) is 0. The molecule has 6 heteroatoms. The van der Waals surface area contributed by atoms with E-state index in [4.69, 9.17) is 14.3 Å². The zero-order valence-corrected chi connectivity index (χ0v) is 8.89. The Morgan fingerprint density at radius 1 is 1.33 bits per heavy atom. The lowest BCUT2D eigenvalue weighted by molar-refractivity contribution is -0.174. The van der Waals surface area contributed by atoms with E-state index in [0.29, 0.717) is 19.6 Å². The molecule has 0 aliphatic carbocycles. The van der Waals surface area contributed by atoms with Crippen molar-refractivity contribution < 1.29 is 23.9 Å². The van der Waals surface area contributed by atoms with E-state index in [-0.39, 0.29) is 6.61 Å². The summed E-state index contributed by atoms with van der Waals surface area (Å²) in [7, 11) is 0. The Balaban J connectivity index is 2.38. The average Bonchev–Trinajstić information content (AvgIpc) is 2.67. The Kier molecular flexibility index (Phi) is 4.36. The molecule has 1 aliphatic rings. The van der Waals surface area contributed by atoms with E-state index in [0.717, 1.165) is 5.06 Å². The highest BCUT2D eigenvalue weighted by Crippen LogP contribution is 2.15. The Morgan fingerprint density at radius 2 is 2.00 bits per heavy atom. The lowest BCUT2D eigenvalue weighted by Crippen LogP contribution is -2.30. The summed E-state index contributed by atoms with van der Waals surface area (Å²) in [5.74, 6) is -0.440. The summed E-state index contributed by atoms with van der Waals surface area (Å²) in [4.78, 5) is 27.5. The van der Waals surface area contributed by atoms with Crippen LogP contribution in [-0.2, 0) is 19.1 Å². The van der Waals surface area contributed by atoms with Gasteiger partial charge in [-0.15, -0.1) is 0 Å². The normalized spacial score (nSPS) is 20.1. The third kappa shape index (κ3) is 3.09. The quantitative estimate of drug-likeness (QED) is 0.651. The Morgan fingerprint density at radius 3 is 2.60 bits per heavy atom. The van der Waals surface area contributed by atoms with Crippen LogP contribution in [0.1, 0.15) is 20.3 Å². The van der Waals surface area contributed by atoms with Crippen molar-refractivity contribution in [3.05, 3.63) is 0 Å². The summed E-state index contributed by atoms with van der Waals surface area (Å²) < 4.78 is 9.49. The predicted octanol–water partition coefficient (Wildman–Crippen LogP) is 0.712. The molecule has 0 radical (unpaired) electrons. The maximum atomic E-state index is 11.2. The summed E-state index contributed by atoms with van der Waals surface area (Å²) in [6.45, 7) is 4.36. The molecule has 86 valence electrons. The van der Waals surface area contributed by atoms with E-state index in [1.165, 1.54) is 0 Å². The predicted molar refractivity (Wildman–Crippen MR) is 49.9 cm³/mol. The van der Waals surface area contributed by atoms with Gasteiger partial charge in [-0.25, -0.2) is 9.59 Å². The fourth-order valence-corrected chi connectivity index (χ4v) is 1.22. The SMILES string of the molecule is CCOC(=O)C1CCN(C(=O)OCC)O1. The summed E-state index contributed by atoms with van der Waals surface area (Å²) in [6.07, 6.45) is -0.809. The second-order valence-electron chi connectivity index (χ2n) is 2.94. The van der Waals surface area contributed by atoms with Crippen molar-refractivity contribution in [3.8, 4) is 0 Å². The molecule has 1 heterocycles. The van der Waals surface area contributed by atoms with Crippen LogP contribution in [0.5, 0.6) is 0 Å². The van der Waals surface area contributed by atoms with Crippen LogP contribution in [0.4, 0.5) is 4.79 Å². The van der Waals surface area contributed by atoms with Crippen LogP contribution < -0.4 is 0 Å². The zero-order valence-electron chi connectivity index (χ0n) is 8.89. The van der Waals surface area contributed by atoms with E-state index in [1.807, 2.05) is 0 Å². The Labute approximate surface area is 88.0 Å². The van der Waals surface area contributed by atoms with Crippen LogP contribution in [0.2, 0.25) is 0 Å². The average molecular weight is 217 g/mol. The van der Waals surface area contributed by atoms with Gasteiger partial charge < -0.3 is 9.47 Å². The highest BCUT2D eigenvalue weighted by molar-refractivity contribution is 5.76. The van der Waals surface area contributed by atoms with Crippen LogP contribution in [0, 0.1) is 0 Å². The maximum absolute atomic E-state index is 11.2. The number of esters is 1. The van der Waals surface area contributed by atoms with Gasteiger partial charge in [0.05, 0.1) is 19.8 Å². The molecule has 1 fully saturated rings. The number of amides is 1. The minimum absolute atomic E-state index is 0.281. The van der Waals surface area contributed by atoms with Crippen molar-refractivity contribution in [1.29, 1.82) is 0 Å². The molecular weight excluding hydrogens is 202 g/mol. The number of hydrogen-bond acceptors (Lipinski definition) is 5. The van der Waals surface area contributed by atoms with Gasteiger partial charge in [-0.2, -0.15) is 5.06 Å². The topological polar surface area (TPSA) is 65.1 Å². The van der Waals surface area contributed by atoms with Gasteiger partial charge in [0.15, 0.2) is 6.10 Å². The van der Waals surface area contributed by atoms with Gasteiger partial charge in [0.2, 0.25) is 0 Å². The largest absolute Gasteiger partial charge is 0.464 e. The first-order chi connectivity index (χ1) is 7.19. The molecule has 1 atom stereocenters. The van der Waals surface area contributed by atoms with Gasteiger partial charge in [0.25, 0.3) is 0 Å². The van der Waals surface area contributed by atoms with Crippen molar-refractivity contribution in [3.63, 3.8) is 0 Å². The van der Waals surface area contributed by atoms with Crippen molar-refractivity contribution in [2.45, 2.75) is 26.4 Å². The molecular formula is C9H15NO5. The fourth-order valence-electron chi connectivity index (χ4n) is 1.22. The highest BCUT2D eigenvalue weighted by Gasteiger charge is 2.34. The number of carbonyl (C=O) groups excluding carboxylic acids is 2. The first-order valence-corrected chi connectivity index (χ1v) is 4.96. The van der Waals surface area contributed by atoms with E-state index < -0.39 is 18.2 Å². The number of nitrogens with zero attached hydrogens (tertiary/aromatic N) is 1. The molecule has 0 spiro atoms. The second kappa shape index (κ2) is 5.55. The van der Waals surface area contributed by atoms with Gasteiger partial charge in [0.1, 0.15) is 0 Å². The van der Waals surface area contributed by atoms with E-state index in [2.05, 4.69) is 0 Å². The van der Waals surface area contributed by atoms with Gasteiger partial charge >= 0.3 is 12.1 Å². The van der Waals surface area contributed by atoms with Crippen LogP contribution in [0.25, 0.3) is 0 Å². The molecule has 0 N–H and O–H groups in total. The number of hydrogen-bond donors (Lipinski definition) is 0. The maximum Gasteiger partial charge on any atom is 0.433 e. The molecule has 6 nitrogen and oxygen atoms in total. The third-order valence-electron chi connectivity index (χ3n) is 1.87. The number of rotatable bonds is 3. The van der Waals surface area contributed by atoms with E-state index >= 15 is 0 Å². The second-order valence-corrected chi connectivity index (χ2v) is 2.94. The number of carbonyl (C=O) groups is 2. The van der Waals surface area contributed by atoms with Gasteiger partial charge in [-0.05, 0) is 13.8 Å². The summed E-state index contributed by atoms with van der Waals surface area (Å²) in [5, 5.41) is 1.05. The molecule has 1 rings (SSSR count). The van der Waals surface area contributed by atoms with Gasteiger partial charge in [-0.3, -0.25) is 4.84 Å². The third-order valence-corrected chi connectivity index (χ3v) is 1.87. The lowest BCUT2D eigenvalue weighted by Gasteiger charge is -2.14. The molecule has 0 bridgehead atoms. The first-order valence-electron chi connectivity index (χ1n) is 4.96. The molecule has 1 aliphatic heterocycles. The fraction of sp³-hybridized carbons (Fsp3) is 0.778. The van der Waals surface area contributed by atoms with Crippen molar-refractivity contribution in [1.82, 2.24) is 5.06 Å². The molecule has 0 aromatic carbocycles. The summed E-state index contributed by atoms with van der Waals surface area (Å²) >= 11 is 0. The number of ether oxygens (including phenoxy) is 2. The molecule has 1 unspecified atom stereocenters. The van der Waals surface area contributed by atoms with Crippen LogP contribution >= 0.6 is 0 Å². The lowest BCUT2D eigenvalue weighted by atomic mass is 10.3. The highest BCUT2D eigenvalue weighted by atomic mass is 16.7. The molecule has 1 amide bonds. The Bertz CT molecular complexity index is 219. The van der Waals surface area contributed by atoms with Crippen molar-refractivity contribution in [2.75, 3.05) is 19.8 Å². The smallest absolute Gasteiger partial charge is 0.433 e. The van der Waals surface area contributed by atoms with E-state index in [1.54, 1.807) is 13.8 Å². The van der Waals surface area contributed by atoms with Crippen molar-refractivity contribution >= 4 is 12.1 Å². The number of hydroxylamine groups is 2. The van der Waals surface area contributed by atoms with Crippen molar-refractivity contribution in [2.24, 2.45) is 0 Å². The summed E-state index contributed by atoms with van der Waals surface area (Å²) in [6, 6.07) is 0. The minimum atomic E-state index is -0.686. The zero-order chi connectivity index (χ0) is 11.3. The first kappa shape index (κ1) is 11.8. The molecule has 15 heavy (non-hydrogen) atoms. The van der Waals surface area contributed by atoms with E-state index in [9.17, 15) is 9.59 Å². The monoisotopic (exact) mass is 217 g/mol. The molecule has 0 aromatic rings. The van der Waals surface area contributed by atoms with Crippen LogP contribution in [0.15, 0.2) is 0 Å². The molecule has 0 saturated carbocycles.